The van der Waals surface area contributed by atoms with Crippen molar-refractivity contribution >= 4 is 35.6 Å². The third kappa shape index (κ3) is 6.54. The molecule has 1 aromatic carbocycles. The largest absolute Gasteiger partial charge is 0.489 e. The van der Waals surface area contributed by atoms with Crippen molar-refractivity contribution in [1.82, 2.24) is 24.8 Å². The van der Waals surface area contributed by atoms with Crippen LogP contribution < -0.4 is 10.1 Å². The predicted octanol–water partition coefficient (Wildman–Crippen LogP) is 3.40. The first-order valence-electron chi connectivity index (χ1n) is 9.84. The molecule has 3 rings (SSSR count). The SMILES string of the molecule is CCNC(=NCCCc1nnc2ccccn12)N(C)CCOc1ccccc1F.I. The highest BCUT2D eigenvalue weighted by Gasteiger charge is 2.08. The summed E-state index contributed by atoms with van der Waals surface area (Å²) in [5.74, 6) is 1.66. The Morgan fingerprint density at radius 1 is 1.20 bits per heavy atom. The molecule has 2 heterocycles. The normalized spacial score (nSPS) is 11.2. The average Bonchev–Trinajstić information content (AvgIpc) is 3.15. The maximum absolute atomic E-state index is 13.6. The van der Waals surface area contributed by atoms with E-state index in [1.165, 1.54) is 6.07 Å². The molecule has 0 aliphatic rings. The lowest BCUT2D eigenvalue weighted by Gasteiger charge is -2.22. The minimum atomic E-state index is -0.350. The van der Waals surface area contributed by atoms with Gasteiger partial charge in [-0.2, -0.15) is 0 Å². The van der Waals surface area contributed by atoms with E-state index < -0.39 is 0 Å². The summed E-state index contributed by atoms with van der Waals surface area (Å²) in [4.78, 5) is 6.66. The van der Waals surface area contributed by atoms with Crippen molar-refractivity contribution in [1.29, 1.82) is 0 Å². The number of aryl methyl sites for hydroxylation is 1. The minimum Gasteiger partial charge on any atom is -0.489 e. The molecular weight excluding hydrogens is 498 g/mol. The number of hydrogen-bond donors (Lipinski definition) is 1. The van der Waals surface area contributed by atoms with Gasteiger partial charge in [-0.1, -0.05) is 18.2 Å². The van der Waals surface area contributed by atoms with Crippen LogP contribution in [0.4, 0.5) is 4.39 Å². The second-order valence-corrected chi connectivity index (χ2v) is 6.58. The standard InChI is InChI=1S/C21H27FN6O.HI/c1-3-23-21(27(2)15-16-29-18-10-5-4-9-17(18)22)24-13-8-12-20-26-25-19-11-6-7-14-28(19)20;/h4-7,9-11,14H,3,8,12-13,15-16H2,1-2H3,(H,23,24);1H. The van der Waals surface area contributed by atoms with E-state index in [4.69, 9.17) is 4.74 Å². The number of likely N-dealkylation sites (N-methyl/N-ethyl adjacent to an activating group) is 1. The number of pyridine rings is 1. The van der Waals surface area contributed by atoms with Crippen molar-refractivity contribution in [2.75, 3.05) is 33.3 Å². The van der Waals surface area contributed by atoms with E-state index in [2.05, 4.69) is 20.5 Å². The molecular formula is C21H28FIN6O. The summed E-state index contributed by atoms with van der Waals surface area (Å²) < 4.78 is 21.2. The third-order valence-corrected chi connectivity index (χ3v) is 4.42. The summed E-state index contributed by atoms with van der Waals surface area (Å²) in [5.41, 5.74) is 0.855. The van der Waals surface area contributed by atoms with Crippen LogP contribution in [0.2, 0.25) is 0 Å². The van der Waals surface area contributed by atoms with Gasteiger partial charge in [0.1, 0.15) is 12.4 Å². The van der Waals surface area contributed by atoms with Crippen molar-refractivity contribution in [3.8, 4) is 5.75 Å². The Bertz CT molecular complexity index is 948. The van der Waals surface area contributed by atoms with Crippen LogP contribution in [0.15, 0.2) is 53.7 Å². The fourth-order valence-corrected chi connectivity index (χ4v) is 2.91. The summed E-state index contributed by atoms with van der Waals surface area (Å²) in [6, 6.07) is 12.3. The van der Waals surface area contributed by atoms with Gasteiger partial charge in [0, 0.05) is 32.8 Å². The maximum atomic E-state index is 13.6. The summed E-state index contributed by atoms with van der Waals surface area (Å²) in [7, 11) is 1.94. The van der Waals surface area contributed by atoms with E-state index in [1.807, 2.05) is 47.7 Å². The van der Waals surface area contributed by atoms with Crippen LogP contribution in [0.5, 0.6) is 5.75 Å². The lowest BCUT2D eigenvalue weighted by Crippen LogP contribution is -2.41. The van der Waals surface area contributed by atoms with Crippen LogP contribution in [0, 0.1) is 5.82 Å². The summed E-state index contributed by atoms with van der Waals surface area (Å²) in [6.45, 7) is 4.43. The third-order valence-electron chi connectivity index (χ3n) is 4.42. The number of fused-ring (bicyclic) bond motifs is 1. The quantitative estimate of drug-likeness (QED) is 0.201. The number of nitrogens with zero attached hydrogens (tertiary/aromatic N) is 5. The smallest absolute Gasteiger partial charge is 0.193 e. The molecule has 0 amide bonds. The van der Waals surface area contributed by atoms with Gasteiger partial charge in [0.05, 0.1) is 6.54 Å². The molecule has 3 aromatic rings. The number of benzene rings is 1. The van der Waals surface area contributed by atoms with Crippen LogP contribution >= 0.6 is 24.0 Å². The first-order valence-corrected chi connectivity index (χ1v) is 9.84. The first-order chi connectivity index (χ1) is 14.2. The molecule has 0 unspecified atom stereocenters. The number of para-hydroxylation sites is 1. The van der Waals surface area contributed by atoms with Crippen LogP contribution in [0.1, 0.15) is 19.2 Å². The molecule has 0 aliphatic heterocycles. The Morgan fingerprint density at radius 3 is 2.80 bits per heavy atom. The maximum Gasteiger partial charge on any atom is 0.193 e. The van der Waals surface area contributed by atoms with Crippen molar-refractivity contribution in [2.24, 2.45) is 4.99 Å². The lowest BCUT2D eigenvalue weighted by molar-refractivity contribution is 0.270. The van der Waals surface area contributed by atoms with E-state index in [1.54, 1.807) is 18.2 Å². The van der Waals surface area contributed by atoms with Gasteiger partial charge < -0.3 is 15.0 Å². The molecule has 0 saturated heterocycles. The number of guanidine groups is 1. The van der Waals surface area contributed by atoms with Gasteiger partial charge in [-0.3, -0.25) is 9.39 Å². The molecule has 0 spiro atoms. The van der Waals surface area contributed by atoms with Crippen molar-refractivity contribution < 1.29 is 9.13 Å². The topological polar surface area (TPSA) is 67.0 Å². The van der Waals surface area contributed by atoms with E-state index in [0.717, 1.165) is 36.8 Å². The second-order valence-electron chi connectivity index (χ2n) is 6.58. The zero-order valence-electron chi connectivity index (χ0n) is 17.3. The van der Waals surface area contributed by atoms with E-state index >= 15 is 0 Å². The molecule has 2 aromatic heterocycles. The lowest BCUT2D eigenvalue weighted by atomic mass is 10.3. The van der Waals surface area contributed by atoms with E-state index in [9.17, 15) is 4.39 Å². The minimum absolute atomic E-state index is 0. The van der Waals surface area contributed by atoms with Crippen LogP contribution in [-0.2, 0) is 6.42 Å². The van der Waals surface area contributed by atoms with Gasteiger partial charge in [-0.15, -0.1) is 34.2 Å². The van der Waals surface area contributed by atoms with Gasteiger partial charge in [0.2, 0.25) is 0 Å². The molecule has 162 valence electrons. The summed E-state index contributed by atoms with van der Waals surface area (Å²) in [6.07, 6.45) is 3.64. The van der Waals surface area contributed by atoms with Crippen molar-refractivity contribution in [3.05, 3.63) is 60.3 Å². The average molecular weight is 526 g/mol. The molecule has 1 N–H and O–H groups in total. The molecule has 0 saturated carbocycles. The van der Waals surface area contributed by atoms with E-state index in [-0.39, 0.29) is 35.5 Å². The summed E-state index contributed by atoms with van der Waals surface area (Å²) in [5, 5.41) is 11.7. The molecule has 7 nitrogen and oxygen atoms in total. The molecule has 0 radical (unpaired) electrons. The van der Waals surface area contributed by atoms with Crippen molar-refractivity contribution in [3.63, 3.8) is 0 Å². The monoisotopic (exact) mass is 526 g/mol. The Morgan fingerprint density at radius 2 is 2.00 bits per heavy atom. The van der Waals surface area contributed by atoms with Gasteiger partial charge in [0.15, 0.2) is 23.2 Å². The highest BCUT2D eigenvalue weighted by Crippen LogP contribution is 2.15. The van der Waals surface area contributed by atoms with Gasteiger partial charge in [-0.25, -0.2) is 4.39 Å². The molecule has 9 heteroatoms. The highest BCUT2D eigenvalue weighted by atomic mass is 127. The predicted molar refractivity (Wildman–Crippen MR) is 127 cm³/mol. The summed E-state index contributed by atoms with van der Waals surface area (Å²) >= 11 is 0. The molecule has 0 fully saturated rings. The molecule has 0 atom stereocenters. The van der Waals surface area contributed by atoms with E-state index in [0.29, 0.717) is 19.7 Å². The van der Waals surface area contributed by atoms with Gasteiger partial charge in [0.25, 0.3) is 0 Å². The number of halogens is 2. The first kappa shape index (κ1) is 23.8. The number of nitrogens with one attached hydrogen (secondary N) is 1. The zero-order valence-corrected chi connectivity index (χ0v) is 19.6. The highest BCUT2D eigenvalue weighted by molar-refractivity contribution is 14.0. The number of aliphatic imine (C=N–C) groups is 1. The molecule has 0 aliphatic carbocycles. The van der Waals surface area contributed by atoms with Gasteiger partial charge >= 0.3 is 0 Å². The Hall–Kier alpha value is -2.43. The molecule has 30 heavy (non-hydrogen) atoms. The van der Waals surface area contributed by atoms with Crippen LogP contribution in [-0.4, -0.2) is 58.7 Å². The zero-order chi connectivity index (χ0) is 20.5. The Balaban J connectivity index is 0.00000320. The van der Waals surface area contributed by atoms with Crippen LogP contribution in [0.3, 0.4) is 0 Å². The van der Waals surface area contributed by atoms with Crippen LogP contribution in [0.25, 0.3) is 5.65 Å². The number of aromatic nitrogens is 3. The van der Waals surface area contributed by atoms with Gasteiger partial charge in [-0.05, 0) is 37.6 Å². The second kappa shape index (κ2) is 12.3. The number of hydrogen-bond acceptors (Lipinski definition) is 4. The molecule has 0 bridgehead atoms. The van der Waals surface area contributed by atoms with Crippen molar-refractivity contribution in [2.45, 2.75) is 19.8 Å². The number of ether oxygens (including phenoxy) is 1. The fraction of sp³-hybridized carbons (Fsp3) is 0.381. The fourth-order valence-electron chi connectivity index (χ4n) is 2.91. The number of rotatable bonds is 9. The Kier molecular flexibility index (Phi) is 9.78. The Labute approximate surface area is 193 Å².